The number of carboxylic acids is 1. The Morgan fingerprint density at radius 2 is 2.00 bits per heavy atom. The molecule has 0 aromatic carbocycles. The van der Waals surface area contributed by atoms with E-state index in [2.05, 4.69) is 15.5 Å². The van der Waals surface area contributed by atoms with Gasteiger partial charge in [0.2, 0.25) is 0 Å². The van der Waals surface area contributed by atoms with Crippen LogP contribution in [0.1, 0.15) is 19.3 Å². The van der Waals surface area contributed by atoms with Crippen molar-refractivity contribution in [1.29, 1.82) is 0 Å². The molecule has 7 heteroatoms. The second kappa shape index (κ2) is 8.19. The average molecular weight is 298 g/mol. The Morgan fingerprint density at radius 1 is 1.24 bits per heavy atom. The molecule has 0 bridgehead atoms. The van der Waals surface area contributed by atoms with Gasteiger partial charge in [0.05, 0.1) is 0 Å². The van der Waals surface area contributed by atoms with Crippen LogP contribution >= 0.6 is 0 Å². The third kappa shape index (κ3) is 5.51. The zero-order valence-corrected chi connectivity index (χ0v) is 12.5. The molecule has 2 saturated heterocycles. The summed E-state index contributed by atoms with van der Waals surface area (Å²) in [7, 11) is 0. The number of hydrogen-bond acceptors (Lipinski definition) is 4. The summed E-state index contributed by atoms with van der Waals surface area (Å²) in [6, 6.07) is -0.0526. The fourth-order valence-electron chi connectivity index (χ4n) is 2.98. The van der Waals surface area contributed by atoms with Crippen molar-refractivity contribution >= 4 is 12.0 Å². The molecule has 21 heavy (non-hydrogen) atoms. The van der Waals surface area contributed by atoms with Crippen LogP contribution in [0.15, 0.2) is 0 Å². The van der Waals surface area contributed by atoms with Crippen molar-refractivity contribution in [3.8, 4) is 0 Å². The Morgan fingerprint density at radius 3 is 2.71 bits per heavy atom. The molecule has 0 radical (unpaired) electrons. The van der Waals surface area contributed by atoms with Crippen LogP contribution in [-0.4, -0.2) is 79.3 Å². The maximum Gasteiger partial charge on any atom is 0.317 e. The van der Waals surface area contributed by atoms with Gasteiger partial charge in [-0.1, -0.05) is 0 Å². The Bertz CT molecular complexity index is 358. The quantitative estimate of drug-likeness (QED) is 0.591. The predicted octanol–water partition coefficient (Wildman–Crippen LogP) is -0.212. The van der Waals surface area contributed by atoms with E-state index in [9.17, 15) is 9.59 Å². The number of likely N-dealkylation sites (tertiary alicyclic amines) is 1. The van der Waals surface area contributed by atoms with Crippen molar-refractivity contribution in [2.75, 3.05) is 52.4 Å². The average Bonchev–Trinajstić information content (AvgIpc) is 2.92. The Balaban J connectivity index is 1.56. The third-order valence-electron chi connectivity index (χ3n) is 4.17. The Hall–Kier alpha value is -1.34. The van der Waals surface area contributed by atoms with Gasteiger partial charge in [0, 0.05) is 52.2 Å². The monoisotopic (exact) mass is 298 g/mol. The topological polar surface area (TPSA) is 84.9 Å². The number of piperazine rings is 1. The lowest BCUT2D eigenvalue weighted by Crippen LogP contribution is -2.44. The molecule has 7 nitrogen and oxygen atoms in total. The molecule has 2 aliphatic rings. The van der Waals surface area contributed by atoms with Gasteiger partial charge in [0.15, 0.2) is 0 Å². The zero-order valence-electron chi connectivity index (χ0n) is 12.5. The van der Waals surface area contributed by atoms with E-state index in [4.69, 9.17) is 5.11 Å². The van der Waals surface area contributed by atoms with Crippen LogP contribution in [0.25, 0.3) is 0 Å². The summed E-state index contributed by atoms with van der Waals surface area (Å²) in [5, 5.41) is 15.0. The summed E-state index contributed by atoms with van der Waals surface area (Å²) in [4.78, 5) is 26.8. The highest BCUT2D eigenvalue weighted by Crippen LogP contribution is 2.19. The highest BCUT2D eigenvalue weighted by molar-refractivity contribution is 5.74. The first-order valence-corrected chi connectivity index (χ1v) is 7.83. The largest absolute Gasteiger partial charge is 0.481 e. The highest BCUT2D eigenvalue weighted by atomic mass is 16.4. The van der Waals surface area contributed by atoms with Crippen LogP contribution in [0.3, 0.4) is 0 Å². The molecule has 2 aliphatic heterocycles. The SMILES string of the molecule is O=C(O)CC1CCN(C(=O)NCCCN2CCNCC2)C1. The van der Waals surface area contributed by atoms with Gasteiger partial charge in [-0.15, -0.1) is 0 Å². The minimum atomic E-state index is -0.779. The molecular weight excluding hydrogens is 272 g/mol. The van der Waals surface area contributed by atoms with Gasteiger partial charge < -0.3 is 25.5 Å². The number of nitrogens with one attached hydrogen (secondary N) is 2. The first-order chi connectivity index (χ1) is 10.1. The number of carbonyl (C=O) groups is 2. The van der Waals surface area contributed by atoms with Crippen molar-refractivity contribution in [2.24, 2.45) is 5.92 Å². The summed E-state index contributed by atoms with van der Waals surface area (Å²) in [6.45, 7) is 7.19. The standard InChI is InChI=1S/C14H26N4O3/c19-13(20)10-12-2-7-18(11-12)14(21)16-3-1-6-17-8-4-15-5-9-17/h12,15H,1-11H2,(H,16,21)(H,19,20). The third-order valence-corrected chi connectivity index (χ3v) is 4.17. The molecule has 0 saturated carbocycles. The summed E-state index contributed by atoms with van der Waals surface area (Å²) in [5.41, 5.74) is 0. The molecule has 2 fully saturated rings. The summed E-state index contributed by atoms with van der Waals surface area (Å²) in [5.74, 6) is -0.674. The first-order valence-electron chi connectivity index (χ1n) is 7.83. The van der Waals surface area contributed by atoms with Crippen molar-refractivity contribution in [2.45, 2.75) is 19.3 Å². The predicted molar refractivity (Wildman–Crippen MR) is 79.3 cm³/mol. The van der Waals surface area contributed by atoms with E-state index >= 15 is 0 Å². The number of aliphatic carboxylic acids is 1. The first kappa shape index (κ1) is 16.0. The van der Waals surface area contributed by atoms with Gasteiger partial charge in [-0.2, -0.15) is 0 Å². The number of rotatable bonds is 6. The number of nitrogens with zero attached hydrogens (tertiary/aromatic N) is 2. The van der Waals surface area contributed by atoms with Gasteiger partial charge in [0.25, 0.3) is 0 Å². The van der Waals surface area contributed by atoms with Crippen molar-refractivity contribution < 1.29 is 14.7 Å². The van der Waals surface area contributed by atoms with Gasteiger partial charge in [0.1, 0.15) is 0 Å². The number of carboxylic acid groups (broad SMARTS) is 1. The molecule has 120 valence electrons. The van der Waals surface area contributed by atoms with E-state index in [1.165, 1.54) is 0 Å². The van der Waals surface area contributed by atoms with E-state index in [1.54, 1.807) is 4.90 Å². The fraction of sp³-hybridized carbons (Fsp3) is 0.857. The molecule has 2 amide bonds. The molecule has 0 spiro atoms. The molecule has 0 aliphatic carbocycles. The van der Waals surface area contributed by atoms with E-state index in [1.807, 2.05) is 0 Å². The molecule has 1 atom stereocenters. The van der Waals surface area contributed by atoms with Crippen molar-refractivity contribution in [3.63, 3.8) is 0 Å². The number of amides is 2. The maximum absolute atomic E-state index is 12.0. The van der Waals surface area contributed by atoms with Crippen LogP contribution in [0.4, 0.5) is 4.79 Å². The van der Waals surface area contributed by atoms with Crippen molar-refractivity contribution in [3.05, 3.63) is 0 Å². The normalized spacial score (nSPS) is 23.2. The Kier molecular flexibility index (Phi) is 6.25. The van der Waals surface area contributed by atoms with Crippen LogP contribution in [0, 0.1) is 5.92 Å². The minimum absolute atomic E-state index is 0.0526. The number of hydrogen-bond donors (Lipinski definition) is 3. The molecule has 2 rings (SSSR count). The van der Waals surface area contributed by atoms with E-state index in [0.29, 0.717) is 19.6 Å². The summed E-state index contributed by atoms with van der Waals surface area (Å²) < 4.78 is 0. The van der Waals surface area contributed by atoms with E-state index in [-0.39, 0.29) is 18.4 Å². The van der Waals surface area contributed by atoms with Gasteiger partial charge in [-0.3, -0.25) is 4.79 Å². The fourth-order valence-corrected chi connectivity index (χ4v) is 2.98. The molecule has 3 N–H and O–H groups in total. The van der Waals surface area contributed by atoms with Gasteiger partial charge in [-0.05, 0) is 25.3 Å². The van der Waals surface area contributed by atoms with Crippen LogP contribution in [-0.2, 0) is 4.79 Å². The summed E-state index contributed by atoms with van der Waals surface area (Å²) in [6.07, 6.45) is 1.91. The lowest BCUT2D eigenvalue weighted by molar-refractivity contribution is -0.138. The van der Waals surface area contributed by atoms with Gasteiger partial charge in [-0.25, -0.2) is 4.79 Å². The van der Waals surface area contributed by atoms with Crippen LogP contribution in [0.5, 0.6) is 0 Å². The van der Waals surface area contributed by atoms with E-state index in [0.717, 1.165) is 45.6 Å². The second-order valence-electron chi connectivity index (χ2n) is 5.88. The molecule has 2 heterocycles. The molecular formula is C14H26N4O3. The maximum atomic E-state index is 12.0. The molecule has 1 unspecified atom stereocenters. The summed E-state index contributed by atoms with van der Waals surface area (Å²) >= 11 is 0. The number of urea groups is 1. The molecule has 0 aromatic rings. The Labute approximate surface area is 125 Å². The highest BCUT2D eigenvalue weighted by Gasteiger charge is 2.27. The van der Waals surface area contributed by atoms with Gasteiger partial charge >= 0.3 is 12.0 Å². The lowest BCUT2D eigenvalue weighted by atomic mass is 10.1. The van der Waals surface area contributed by atoms with Crippen LogP contribution < -0.4 is 10.6 Å². The second-order valence-corrected chi connectivity index (χ2v) is 5.88. The number of carbonyl (C=O) groups excluding carboxylic acids is 1. The zero-order chi connectivity index (χ0) is 15.1. The lowest BCUT2D eigenvalue weighted by Gasteiger charge is -2.27. The molecule has 0 aromatic heterocycles. The minimum Gasteiger partial charge on any atom is -0.481 e. The van der Waals surface area contributed by atoms with Crippen LogP contribution in [0.2, 0.25) is 0 Å². The van der Waals surface area contributed by atoms with Crippen molar-refractivity contribution in [1.82, 2.24) is 20.4 Å². The van der Waals surface area contributed by atoms with E-state index < -0.39 is 5.97 Å². The smallest absolute Gasteiger partial charge is 0.317 e.